The number of aryl methyl sites for hydroxylation is 1. The van der Waals surface area contributed by atoms with Gasteiger partial charge < -0.3 is 10.1 Å². The molecular formula is C18H30BrNO. The molecule has 0 aliphatic rings. The van der Waals surface area contributed by atoms with Crippen LogP contribution in [0.5, 0.6) is 5.75 Å². The van der Waals surface area contributed by atoms with Gasteiger partial charge in [0, 0.05) is 16.1 Å². The summed E-state index contributed by atoms with van der Waals surface area (Å²) in [5.41, 5.74) is 3.80. The standard InChI is InChI=1S/C18H30BrNO/c1-7-9-12(3)17(20-10-8-2)16-14(5)15(19)11-13(4)18(16)21-6/h11-12,17,20H,7-10H2,1-6H3. The molecule has 0 aromatic heterocycles. The lowest BCUT2D eigenvalue weighted by molar-refractivity contribution is 0.340. The minimum atomic E-state index is 0.344. The molecule has 0 spiro atoms. The Hall–Kier alpha value is -0.540. The maximum atomic E-state index is 5.74. The van der Waals surface area contributed by atoms with Gasteiger partial charge in [-0.25, -0.2) is 0 Å². The number of hydrogen-bond acceptors (Lipinski definition) is 2. The Bertz CT molecular complexity index is 459. The van der Waals surface area contributed by atoms with Crippen LogP contribution in [0, 0.1) is 19.8 Å². The van der Waals surface area contributed by atoms with Gasteiger partial charge in [-0.2, -0.15) is 0 Å². The van der Waals surface area contributed by atoms with Crippen LogP contribution >= 0.6 is 15.9 Å². The van der Waals surface area contributed by atoms with Crippen LogP contribution in [-0.2, 0) is 0 Å². The van der Waals surface area contributed by atoms with E-state index in [1.54, 1.807) is 7.11 Å². The van der Waals surface area contributed by atoms with Crippen molar-refractivity contribution in [1.82, 2.24) is 5.32 Å². The van der Waals surface area contributed by atoms with Gasteiger partial charge in [-0.05, 0) is 56.3 Å². The number of nitrogens with one attached hydrogen (secondary N) is 1. The zero-order valence-electron chi connectivity index (χ0n) is 14.3. The van der Waals surface area contributed by atoms with E-state index in [0.717, 1.165) is 18.7 Å². The first-order valence-corrected chi connectivity index (χ1v) is 8.84. The van der Waals surface area contributed by atoms with E-state index in [1.165, 1.54) is 34.0 Å². The van der Waals surface area contributed by atoms with E-state index in [4.69, 9.17) is 4.74 Å². The van der Waals surface area contributed by atoms with Crippen molar-refractivity contribution in [3.63, 3.8) is 0 Å². The first-order chi connectivity index (χ1) is 9.97. The van der Waals surface area contributed by atoms with Crippen LogP contribution in [0.2, 0.25) is 0 Å². The average Bonchev–Trinajstić information content (AvgIpc) is 2.44. The van der Waals surface area contributed by atoms with E-state index < -0.39 is 0 Å². The maximum Gasteiger partial charge on any atom is 0.126 e. The molecule has 2 nitrogen and oxygen atoms in total. The molecule has 21 heavy (non-hydrogen) atoms. The molecule has 0 bridgehead atoms. The number of benzene rings is 1. The summed E-state index contributed by atoms with van der Waals surface area (Å²) in [5.74, 6) is 1.62. The fourth-order valence-electron chi connectivity index (χ4n) is 3.03. The Labute approximate surface area is 138 Å². The van der Waals surface area contributed by atoms with Crippen molar-refractivity contribution in [2.75, 3.05) is 13.7 Å². The third-order valence-electron chi connectivity index (χ3n) is 4.15. The molecule has 3 heteroatoms. The molecule has 0 radical (unpaired) electrons. The largest absolute Gasteiger partial charge is 0.496 e. The summed E-state index contributed by atoms with van der Waals surface area (Å²) in [6.07, 6.45) is 3.57. The first kappa shape index (κ1) is 18.5. The lowest BCUT2D eigenvalue weighted by Gasteiger charge is -2.29. The van der Waals surface area contributed by atoms with Crippen LogP contribution in [0.25, 0.3) is 0 Å². The molecule has 1 aromatic carbocycles. The molecule has 120 valence electrons. The molecule has 0 heterocycles. The number of rotatable bonds is 8. The van der Waals surface area contributed by atoms with Gasteiger partial charge in [0.2, 0.25) is 0 Å². The molecular weight excluding hydrogens is 326 g/mol. The van der Waals surface area contributed by atoms with Gasteiger partial charge in [-0.1, -0.05) is 43.1 Å². The predicted octanol–water partition coefficient (Wildman–Crippen LogP) is 5.55. The zero-order valence-corrected chi connectivity index (χ0v) is 15.9. The quantitative estimate of drug-likeness (QED) is 0.659. The highest BCUT2D eigenvalue weighted by Crippen LogP contribution is 2.40. The molecule has 1 N–H and O–H groups in total. The van der Waals surface area contributed by atoms with Crippen molar-refractivity contribution in [3.05, 3.63) is 27.2 Å². The average molecular weight is 356 g/mol. The second-order valence-corrected chi connectivity index (χ2v) is 6.80. The van der Waals surface area contributed by atoms with E-state index >= 15 is 0 Å². The molecule has 0 saturated carbocycles. The summed E-state index contributed by atoms with van der Waals surface area (Å²) >= 11 is 3.70. The highest BCUT2D eigenvalue weighted by Gasteiger charge is 2.25. The van der Waals surface area contributed by atoms with Crippen LogP contribution in [0.1, 0.15) is 62.8 Å². The topological polar surface area (TPSA) is 21.3 Å². The lowest BCUT2D eigenvalue weighted by atomic mass is 9.87. The van der Waals surface area contributed by atoms with Crippen LogP contribution in [0.3, 0.4) is 0 Å². The molecule has 0 saturated heterocycles. The van der Waals surface area contributed by atoms with Crippen LogP contribution < -0.4 is 10.1 Å². The Morgan fingerprint density at radius 2 is 1.90 bits per heavy atom. The van der Waals surface area contributed by atoms with Gasteiger partial charge in [0.05, 0.1) is 7.11 Å². The van der Waals surface area contributed by atoms with Crippen molar-refractivity contribution in [2.45, 2.75) is 59.9 Å². The Morgan fingerprint density at radius 3 is 2.43 bits per heavy atom. The molecule has 0 aliphatic carbocycles. The first-order valence-electron chi connectivity index (χ1n) is 8.04. The molecule has 1 aromatic rings. The SMILES string of the molecule is CCCNC(c1c(C)c(Br)cc(C)c1OC)C(C)CCC. The predicted molar refractivity (Wildman–Crippen MR) is 95.3 cm³/mol. The highest BCUT2D eigenvalue weighted by molar-refractivity contribution is 9.10. The van der Waals surface area contributed by atoms with Crippen molar-refractivity contribution in [3.8, 4) is 5.75 Å². The summed E-state index contributed by atoms with van der Waals surface area (Å²) < 4.78 is 6.91. The van der Waals surface area contributed by atoms with Gasteiger partial charge >= 0.3 is 0 Å². The molecule has 0 aliphatic heterocycles. The second kappa shape index (κ2) is 8.79. The van der Waals surface area contributed by atoms with Crippen molar-refractivity contribution in [1.29, 1.82) is 0 Å². The molecule has 0 fully saturated rings. The number of ether oxygens (including phenoxy) is 1. The minimum Gasteiger partial charge on any atom is -0.496 e. The normalized spacial score (nSPS) is 14.0. The molecule has 2 unspecified atom stereocenters. The van der Waals surface area contributed by atoms with Crippen molar-refractivity contribution >= 4 is 15.9 Å². The van der Waals surface area contributed by atoms with E-state index in [-0.39, 0.29) is 0 Å². The van der Waals surface area contributed by atoms with Gasteiger partial charge in [0.15, 0.2) is 0 Å². The van der Waals surface area contributed by atoms with Crippen molar-refractivity contribution in [2.24, 2.45) is 5.92 Å². The number of hydrogen-bond donors (Lipinski definition) is 1. The van der Waals surface area contributed by atoms with Crippen LogP contribution in [0.4, 0.5) is 0 Å². The molecule has 0 amide bonds. The Balaban J connectivity index is 3.34. The summed E-state index contributed by atoms with van der Waals surface area (Å²) in [5, 5.41) is 3.74. The Kier molecular flexibility index (Phi) is 7.75. The summed E-state index contributed by atoms with van der Waals surface area (Å²) in [7, 11) is 1.78. The third-order valence-corrected chi connectivity index (χ3v) is 4.97. The second-order valence-electron chi connectivity index (χ2n) is 5.94. The van der Waals surface area contributed by atoms with Gasteiger partial charge in [-0.3, -0.25) is 0 Å². The monoisotopic (exact) mass is 355 g/mol. The van der Waals surface area contributed by atoms with Crippen LogP contribution in [-0.4, -0.2) is 13.7 Å². The van der Waals surface area contributed by atoms with Crippen LogP contribution in [0.15, 0.2) is 10.5 Å². The van der Waals surface area contributed by atoms with Gasteiger partial charge in [-0.15, -0.1) is 0 Å². The summed E-state index contributed by atoms with van der Waals surface area (Å²) in [6, 6.07) is 2.50. The highest BCUT2D eigenvalue weighted by atomic mass is 79.9. The Morgan fingerprint density at radius 1 is 1.24 bits per heavy atom. The minimum absolute atomic E-state index is 0.344. The third kappa shape index (κ3) is 4.46. The van der Waals surface area contributed by atoms with E-state index in [9.17, 15) is 0 Å². The van der Waals surface area contributed by atoms with E-state index in [1.807, 2.05) is 0 Å². The maximum absolute atomic E-state index is 5.74. The fourth-order valence-corrected chi connectivity index (χ4v) is 3.59. The van der Waals surface area contributed by atoms with Gasteiger partial charge in [0.25, 0.3) is 0 Å². The zero-order chi connectivity index (χ0) is 16.0. The lowest BCUT2D eigenvalue weighted by Crippen LogP contribution is -2.29. The number of halogens is 1. The van der Waals surface area contributed by atoms with Crippen molar-refractivity contribution < 1.29 is 4.74 Å². The smallest absolute Gasteiger partial charge is 0.126 e. The molecule has 2 atom stereocenters. The molecule has 1 rings (SSSR count). The van der Waals surface area contributed by atoms with E-state index in [0.29, 0.717) is 12.0 Å². The summed E-state index contributed by atoms with van der Waals surface area (Å²) in [6.45, 7) is 12.1. The fraction of sp³-hybridized carbons (Fsp3) is 0.667. The summed E-state index contributed by atoms with van der Waals surface area (Å²) in [4.78, 5) is 0. The number of methoxy groups -OCH3 is 1. The van der Waals surface area contributed by atoms with E-state index in [2.05, 4.69) is 61.9 Å². The van der Waals surface area contributed by atoms with Gasteiger partial charge in [0.1, 0.15) is 5.75 Å².